The second-order valence-corrected chi connectivity index (χ2v) is 8.39. The van der Waals surface area contributed by atoms with Gasteiger partial charge >= 0.3 is 0 Å². The topological polar surface area (TPSA) is 46.2 Å². The van der Waals surface area contributed by atoms with Crippen LogP contribution in [0.4, 0.5) is 0 Å². The van der Waals surface area contributed by atoms with Crippen molar-refractivity contribution in [3.63, 3.8) is 0 Å². The van der Waals surface area contributed by atoms with E-state index in [1.165, 1.54) is 38.4 Å². The molecule has 0 heterocycles. The normalized spacial score (nSPS) is 26.3. The molecule has 0 aromatic rings. The van der Waals surface area contributed by atoms with Crippen LogP contribution in [0.1, 0.15) is 58.8 Å². The average molecular weight is 289 g/mol. The highest BCUT2D eigenvalue weighted by atomic mass is 32.2. The van der Waals surface area contributed by atoms with Crippen LogP contribution < -0.4 is 5.32 Å². The summed E-state index contributed by atoms with van der Waals surface area (Å²) in [6, 6.07) is 0.518. The van der Waals surface area contributed by atoms with Gasteiger partial charge in [-0.3, -0.25) is 0 Å². The molecule has 0 spiro atoms. The molecule has 114 valence electrons. The molecule has 19 heavy (non-hydrogen) atoms. The van der Waals surface area contributed by atoms with Crippen LogP contribution in [-0.4, -0.2) is 33.0 Å². The Morgan fingerprint density at radius 2 is 1.79 bits per heavy atom. The Morgan fingerprint density at radius 1 is 1.16 bits per heavy atom. The first-order chi connectivity index (χ1) is 8.96. The van der Waals surface area contributed by atoms with Gasteiger partial charge in [0, 0.05) is 18.1 Å². The van der Waals surface area contributed by atoms with Crippen molar-refractivity contribution in [2.75, 3.05) is 18.6 Å². The summed E-state index contributed by atoms with van der Waals surface area (Å²) in [4.78, 5) is 0. The van der Waals surface area contributed by atoms with Crippen LogP contribution in [0, 0.1) is 11.8 Å². The molecule has 1 unspecified atom stereocenters. The maximum absolute atomic E-state index is 11.2. The second kappa shape index (κ2) is 8.25. The molecule has 4 heteroatoms. The molecule has 1 fully saturated rings. The summed E-state index contributed by atoms with van der Waals surface area (Å²) in [6.07, 6.45) is 9.79. The van der Waals surface area contributed by atoms with Gasteiger partial charge in [-0.05, 0) is 44.1 Å². The van der Waals surface area contributed by atoms with E-state index in [0.717, 1.165) is 31.2 Å². The van der Waals surface area contributed by atoms with Gasteiger partial charge in [0.05, 0.1) is 0 Å². The highest BCUT2D eigenvalue weighted by molar-refractivity contribution is 7.90. The van der Waals surface area contributed by atoms with Gasteiger partial charge in [-0.15, -0.1) is 0 Å². The number of hydrogen-bond donors (Lipinski definition) is 1. The first-order valence-electron chi connectivity index (χ1n) is 7.87. The van der Waals surface area contributed by atoms with E-state index in [1.54, 1.807) is 0 Å². The minimum absolute atomic E-state index is 0.333. The quantitative estimate of drug-likeness (QED) is 0.747. The summed E-state index contributed by atoms with van der Waals surface area (Å²) in [7, 11) is -2.81. The third kappa shape index (κ3) is 6.75. The molecule has 0 radical (unpaired) electrons. The zero-order valence-corrected chi connectivity index (χ0v) is 13.6. The Labute approximate surface area is 119 Å². The summed E-state index contributed by atoms with van der Waals surface area (Å²) >= 11 is 0. The van der Waals surface area contributed by atoms with Crippen molar-refractivity contribution in [3.05, 3.63) is 0 Å². The number of rotatable bonds is 8. The molecule has 3 nitrogen and oxygen atoms in total. The molecule has 0 aromatic carbocycles. The SMILES string of the molecule is CCNC(CCCS(C)(=O)=O)C1CCC(CC)CC1. The summed E-state index contributed by atoms with van der Waals surface area (Å²) in [5.41, 5.74) is 0. The van der Waals surface area contributed by atoms with Gasteiger partial charge in [0.1, 0.15) is 9.84 Å². The lowest BCUT2D eigenvalue weighted by atomic mass is 9.76. The lowest BCUT2D eigenvalue weighted by molar-refractivity contribution is 0.212. The third-order valence-corrected chi connectivity index (χ3v) is 5.56. The van der Waals surface area contributed by atoms with Crippen LogP contribution in [0.3, 0.4) is 0 Å². The third-order valence-electron chi connectivity index (χ3n) is 4.53. The number of sulfone groups is 1. The van der Waals surface area contributed by atoms with Crippen LogP contribution in [-0.2, 0) is 9.84 Å². The van der Waals surface area contributed by atoms with E-state index >= 15 is 0 Å². The van der Waals surface area contributed by atoms with Crippen molar-refractivity contribution >= 4 is 9.84 Å². The molecular weight excluding hydrogens is 258 g/mol. The maximum atomic E-state index is 11.2. The van der Waals surface area contributed by atoms with Crippen molar-refractivity contribution in [2.24, 2.45) is 11.8 Å². The largest absolute Gasteiger partial charge is 0.314 e. The van der Waals surface area contributed by atoms with Gasteiger partial charge < -0.3 is 5.32 Å². The van der Waals surface area contributed by atoms with Crippen molar-refractivity contribution in [3.8, 4) is 0 Å². The summed E-state index contributed by atoms with van der Waals surface area (Å²) < 4.78 is 22.4. The van der Waals surface area contributed by atoms with Gasteiger partial charge in [-0.2, -0.15) is 0 Å². The Balaban J connectivity index is 2.39. The van der Waals surface area contributed by atoms with E-state index in [9.17, 15) is 8.42 Å². The molecule has 1 aliphatic rings. The first-order valence-corrected chi connectivity index (χ1v) is 9.93. The molecule has 1 saturated carbocycles. The second-order valence-electron chi connectivity index (χ2n) is 6.13. The lowest BCUT2D eigenvalue weighted by Crippen LogP contribution is -2.38. The molecule has 1 aliphatic carbocycles. The van der Waals surface area contributed by atoms with E-state index in [2.05, 4.69) is 19.2 Å². The van der Waals surface area contributed by atoms with Gasteiger partial charge in [0.25, 0.3) is 0 Å². The van der Waals surface area contributed by atoms with Crippen LogP contribution >= 0.6 is 0 Å². The van der Waals surface area contributed by atoms with Crippen LogP contribution in [0.15, 0.2) is 0 Å². The van der Waals surface area contributed by atoms with Gasteiger partial charge in [-0.25, -0.2) is 8.42 Å². The molecule has 1 atom stereocenters. The van der Waals surface area contributed by atoms with Crippen molar-refractivity contribution in [1.82, 2.24) is 5.32 Å². The van der Waals surface area contributed by atoms with Crippen LogP contribution in [0.5, 0.6) is 0 Å². The summed E-state index contributed by atoms with van der Waals surface area (Å²) in [5, 5.41) is 3.58. The minimum Gasteiger partial charge on any atom is -0.314 e. The molecule has 1 N–H and O–H groups in total. The van der Waals surface area contributed by atoms with E-state index in [1.807, 2.05) is 0 Å². The molecular formula is C15H31NO2S. The predicted molar refractivity (Wildman–Crippen MR) is 82.1 cm³/mol. The summed E-state index contributed by atoms with van der Waals surface area (Å²) in [5.74, 6) is 2.01. The lowest BCUT2D eigenvalue weighted by Gasteiger charge is -2.34. The van der Waals surface area contributed by atoms with E-state index in [-0.39, 0.29) is 0 Å². The Bertz CT molecular complexity index is 332. The van der Waals surface area contributed by atoms with Crippen LogP contribution in [0.2, 0.25) is 0 Å². The molecule has 0 saturated heterocycles. The monoisotopic (exact) mass is 289 g/mol. The molecule has 0 aromatic heterocycles. The van der Waals surface area contributed by atoms with Gasteiger partial charge in [0.15, 0.2) is 0 Å². The fourth-order valence-corrected chi connectivity index (χ4v) is 4.02. The first kappa shape index (κ1) is 17.0. The Morgan fingerprint density at radius 3 is 2.26 bits per heavy atom. The number of nitrogens with one attached hydrogen (secondary N) is 1. The smallest absolute Gasteiger partial charge is 0.147 e. The Kier molecular flexibility index (Phi) is 7.37. The van der Waals surface area contributed by atoms with E-state index < -0.39 is 9.84 Å². The van der Waals surface area contributed by atoms with Crippen molar-refractivity contribution < 1.29 is 8.42 Å². The fourth-order valence-electron chi connectivity index (χ4n) is 3.33. The summed E-state index contributed by atoms with van der Waals surface area (Å²) in [6.45, 7) is 5.41. The predicted octanol–water partition coefficient (Wildman–Crippen LogP) is 3.01. The molecule has 0 amide bonds. The van der Waals surface area contributed by atoms with Gasteiger partial charge in [-0.1, -0.05) is 33.1 Å². The standard InChI is InChI=1S/C15H31NO2S/c1-4-13-8-10-14(11-9-13)15(16-5-2)7-6-12-19(3,17)18/h13-16H,4-12H2,1-3H3. The average Bonchev–Trinajstić information content (AvgIpc) is 2.36. The highest BCUT2D eigenvalue weighted by Crippen LogP contribution is 2.33. The molecule has 0 bridgehead atoms. The van der Waals surface area contributed by atoms with Crippen LogP contribution in [0.25, 0.3) is 0 Å². The zero-order valence-electron chi connectivity index (χ0n) is 12.8. The highest BCUT2D eigenvalue weighted by Gasteiger charge is 2.26. The Hall–Kier alpha value is -0.0900. The van der Waals surface area contributed by atoms with Gasteiger partial charge in [0.2, 0.25) is 0 Å². The molecule has 0 aliphatic heterocycles. The maximum Gasteiger partial charge on any atom is 0.147 e. The van der Waals surface area contributed by atoms with Crippen molar-refractivity contribution in [2.45, 2.75) is 64.8 Å². The van der Waals surface area contributed by atoms with E-state index in [0.29, 0.717) is 11.8 Å². The molecule has 1 rings (SSSR count). The minimum atomic E-state index is -2.81. The zero-order chi connectivity index (χ0) is 14.3. The fraction of sp³-hybridized carbons (Fsp3) is 1.00. The van der Waals surface area contributed by atoms with Crippen molar-refractivity contribution in [1.29, 1.82) is 0 Å². The number of hydrogen-bond acceptors (Lipinski definition) is 3. The van der Waals surface area contributed by atoms with E-state index in [4.69, 9.17) is 0 Å².